The molecule has 0 heterocycles. The van der Waals surface area contributed by atoms with Gasteiger partial charge in [-0.15, -0.1) is 0 Å². The van der Waals surface area contributed by atoms with Crippen LogP contribution in [0.2, 0.25) is 0 Å². The van der Waals surface area contributed by atoms with Gasteiger partial charge in [0.1, 0.15) is 0 Å². The Morgan fingerprint density at radius 3 is 2.39 bits per heavy atom. The minimum absolute atomic E-state index is 0.0709. The van der Waals surface area contributed by atoms with E-state index >= 15 is 0 Å². The molecule has 0 radical (unpaired) electrons. The molecule has 0 bridgehead atoms. The van der Waals surface area contributed by atoms with Crippen LogP contribution in [0.25, 0.3) is 0 Å². The summed E-state index contributed by atoms with van der Waals surface area (Å²) in [5.41, 5.74) is 0.335. The number of halogens is 3. The lowest BCUT2D eigenvalue weighted by Crippen LogP contribution is -2.33. The molecular formula is C21H22F3NO3. The summed E-state index contributed by atoms with van der Waals surface area (Å²) < 4.78 is 38.9. The zero-order valence-corrected chi connectivity index (χ0v) is 15.7. The fraction of sp³-hybridized carbons (Fsp3) is 0.333. The van der Waals surface area contributed by atoms with Crippen LogP contribution in [0.3, 0.4) is 0 Å². The summed E-state index contributed by atoms with van der Waals surface area (Å²) in [4.78, 5) is 25.5. The Hall–Kier alpha value is -2.83. The Labute approximate surface area is 161 Å². The third kappa shape index (κ3) is 5.12. The van der Waals surface area contributed by atoms with Gasteiger partial charge in [0.25, 0.3) is 0 Å². The second-order valence-electron chi connectivity index (χ2n) is 6.44. The van der Waals surface area contributed by atoms with Gasteiger partial charge < -0.3 is 10.0 Å². The molecule has 1 N–H and O–H groups in total. The molecule has 2 aromatic rings. The van der Waals surface area contributed by atoms with Gasteiger partial charge in [-0.05, 0) is 49.6 Å². The number of rotatable bonds is 7. The predicted molar refractivity (Wildman–Crippen MR) is 99.0 cm³/mol. The first kappa shape index (κ1) is 21.5. The van der Waals surface area contributed by atoms with Crippen LogP contribution >= 0.6 is 0 Å². The number of hydrogen-bond donors (Lipinski definition) is 1. The van der Waals surface area contributed by atoms with Crippen LogP contribution in [0.4, 0.5) is 13.2 Å². The van der Waals surface area contributed by atoms with Gasteiger partial charge in [-0.1, -0.05) is 30.3 Å². The van der Waals surface area contributed by atoms with Crippen LogP contribution in [-0.2, 0) is 17.4 Å². The standard InChI is InChI=1S/C21H22F3NO3/c1-3-25(14(2)16-8-6-9-17(13-16)21(22,23)24)19(26)12-11-15-7-4-5-10-18(15)20(27)28/h4-10,13-14H,3,11-12H2,1-2H3,(H,27,28). The number of alkyl halides is 3. The predicted octanol–water partition coefficient (Wildman–Crippen LogP) is 4.95. The third-order valence-electron chi connectivity index (χ3n) is 4.68. The molecule has 2 aromatic carbocycles. The minimum atomic E-state index is -4.45. The maximum absolute atomic E-state index is 13.0. The van der Waals surface area contributed by atoms with Crippen LogP contribution in [0, 0.1) is 0 Å². The fourth-order valence-electron chi connectivity index (χ4n) is 3.15. The van der Waals surface area contributed by atoms with E-state index in [1.807, 2.05) is 0 Å². The van der Waals surface area contributed by atoms with E-state index in [-0.39, 0.29) is 24.3 Å². The van der Waals surface area contributed by atoms with Crippen molar-refractivity contribution in [2.75, 3.05) is 6.54 Å². The van der Waals surface area contributed by atoms with Gasteiger partial charge in [-0.3, -0.25) is 4.79 Å². The molecule has 4 nitrogen and oxygen atoms in total. The first-order valence-corrected chi connectivity index (χ1v) is 8.93. The lowest BCUT2D eigenvalue weighted by molar-refractivity contribution is -0.137. The van der Waals surface area contributed by atoms with E-state index in [1.54, 1.807) is 38.1 Å². The molecular weight excluding hydrogens is 371 g/mol. The van der Waals surface area contributed by atoms with Crippen LogP contribution in [0.5, 0.6) is 0 Å². The zero-order valence-electron chi connectivity index (χ0n) is 15.7. The Kier molecular flexibility index (Phi) is 6.83. The summed E-state index contributed by atoms with van der Waals surface area (Å²) in [5.74, 6) is -1.31. The topological polar surface area (TPSA) is 57.6 Å². The van der Waals surface area contributed by atoms with Gasteiger partial charge in [0.05, 0.1) is 17.2 Å². The number of aromatic carboxylic acids is 1. The van der Waals surface area contributed by atoms with Gasteiger partial charge in [0.15, 0.2) is 0 Å². The number of carbonyl (C=O) groups excluding carboxylic acids is 1. The van der Waals surface area contributed by atoms with Crippen molar-refractivity contribution >= 4 is 11.9 Å². The summed E-state index contributed by atoms with van der Waals surface area (Å²) in [5, 5.41) is 9.23. The summed E-state index contributed by atoms with van der Waals surface area (Å²) in [6, 6.07) is 10.9. The first-order chi connectivity index (χ1) is 13.1. The quantitative estimate of drug-likeness (QED) is 0.724. The van der Waals surface area contributed by atoms with Crippen molar-refractivity contribution in [3.8, 4) is 0 Å². The van der Waals surface area contributed by atoms with Crippen molar-refractivity contribution in [1.82, 2.24) is 4.90 Å². The number of amides is 1. The number of hydrogen-bond acceptors (Lipinski definition) is 2. The van der Waals surface area contributed by atoms with Crippen LogP contribution in [0.15, 0.2) is 48.5 Å². The molecule has 7 heteroatoms. The molecule has 1 atom stereocenters. The summed E-state index contributed by atoms with van der Waals surface area (Å²) in [7, 11) is 0. The normalized spacial score (nSPS) is 12.5. The van der Waals surface area contributed by atoms with Crippen LogP contribution in [-0.4, -0.2) is 28.4 Å². The number of carboxylic acid groups (broad SMARTS) is 1. The van der Waals surface area contributed by atoms with Crippen LogP contribution in [0.1, 0.15) is 53.4 Å². The number of nitrogens with zero attached hydrogens (tertiary/aromatic N) is 1. The Bertz CT molecular complexity index is 849. The van der Waals surface area contributed by atoms with Crippen LogP contribution < -0.4 is 0 Å². The summed E-state index contributed by atoms with van der Waals surface area (Å²) in [6.07, 6.45) is -4.13. The molecule has 150 valence electrons. The molecule has 28 heavy (non-hydrogen) atoms. The highest BCUT2D eigenvalue weighted by molar-refractivity contribution is 5.89. The molecule has 0 saturated heterocycles. The lowest BCUT2D eigenvalue weighted by Gasteiger charge is -2.29. The molecule has 0 aliphatic heterocycles. The van der Waals surface area contributed by atoms with Crippen molar-refractivity contribution in [1.29, 1.82) is 0 Å². The molecule has 1 unspecified atom stereocenters. The molecule has 0 aliphatic rings. The van der Waals surface area contributed by atoms with Crippen molar-refractivity contribution < 1.29 is 27.9 Å². The van der Waals surface area contributed by atoms with Gasteiger partial charge in [0.2, 0.25) is 5.91 Å². The second kappa shape index (κ2) is 8.91. The Morgan fingerprint density at radius 2 is 1.79 bits per heavy atom. The number of carboxylic acids is 1. The smallest absolute Gasteiger partial charge is 0.416 e. The molecule has 0 spiro atoms. The number of aryl methyl sites for hydroxylation is 1. The molecule has 1 amide bonds. The van der Waals surface area contributed by atoms with E-state index in [9.17, 15) is 27.9 Å². The maximum Gasteiger partial charge on any atom is 0.416 e. The monoisotopic (exact) mass is 393 g/mol. The first-order valence-electron chi connectivity index (χ1n) is 8.93. The Balaban J connectivity index is 2.14. The highest BCUT2D eigenvalue weighted by Gasteiger charge is 2.31. The Morgan fingerprint density at radius 1 is 1.11 bits per heavy atom. The second-order valence-corrected chi connectivity index (χ2v) is 6.44. The SMILES string of the molecule is CCN(C(=O)CCc1ccccc1C(=O)O)C(C)c1cccc(C(F)(F)F)c1. The van der Waals surface area contributed by atoms with Crippen molar-refractivity contribution in [3.63, 3.8) is 0 Å². The van der Waals surface area contributed by atoms with E-state index in [2.05, 4.69) is 0 Å². The minimum Gasteiger partial charge on any atom is -0.478 e. The van der Waals surface area contributed by atoms with Gasteiger partial charge >= 0.3 is 12.1 Å². The van der Waals surface area contributed by atoms with Gasteiger partial charge in [-0.25, -0.2) is 4.79 Å². The van der Waals surface area contributed by atoms with Gasteiger partial charge in [-0.2, -0.15) is 13.2 Å². The third-order valence-corrected chi connectivity index (χ3v) is 4.68. The van der Waals surface area contributed by atoms with E-state index < -0.39 is 23.8 Å². The van der Waals surface area contributed by atoms with Crippen molar-refractivity contribution in [2.45, 2.75) is 38.9 Å². The highest BCUT2D eigenvalue weighted by Crippen LogP contribution is 2.32. The largest absolute Gasteiger partial charge is 0.478 e. The highest BCUT2D eigenvalue weighted by atomic mass is 19.4. The van der Waals surface area contributed by atoms with Gasteiger partial charge in [0, 0.05) is 13.0 Å². The maximum atomic E-state index is 13.0. The molecule has 0 saturated carbocycles. The van der Waals surface area contributed by atoms with E-state index in [4.69, 9.17) is 0 Å². The summed E-state index contributed by atoms with van der Waals surface area (Å²) >= 11 is 0. The van der Waals surface area contributed by atoms with E-state index in [1.165, 1.54) is 17.0 Å². The molecule has 0 fully saturated rings. The average Bonchev–Trinajstić information content (AvgIpc) is 2.66. The van der Waals surface area contributed by atoms with E-state index in [0.717, 1.165) is 12.1 Å². The lowest BCUT2D eigenvalue weighted by atomic mass is 10.0. The molecule has 0 aliphatic carbocycles. The van der Waals surface area contributed by atoms with Crippen molar-refractivity contribution in [2.24, 2.45) is 0 Å². The van der Waals surface area contributed by atoms with Crippen molar-refractivity contribution in [3.05, 3.63) is 70.8 Å². The number of benzene rings is 2. The summed E-state index contributed by atoms with van der Waals surface area (Å²) in [6.45, 7) is 3.77. The average molecular weight is 393 g/mol. The molecule has 0 aromatic heterocycles. The zero-order chi connectivity index (χ0) is 20.9. The fourth-order valence-corrected chi connectivity index (χ4v) is 3.15. The molecule has 2 rings (SSSR count). The van der Waals surface area contributed by atoms with E-state index in [0.29, 0.717) is 17.7 Å². The number of carbonyl (C=O) groups is 2.